The first-order valence-electron chi connectivity index (χ1n) is 6.95. The summed E-state index contributed by atoms with van der Waals surface area (Å²) in [4.78, 5) is 2.01. The van der Waals surface area contributed by atoms with Crippen molar-refractivity contribution in [2.45, 2.75) is 25.0 Å². The number of nitrogens with zero attached hydrogens (tertiary/aromatic N) is 1. The average molecular weight is 338 g/mol. The number of alkyl halides is 3. The highest BCUT2D eigenvalue weighted by atomic mass is 35.5. The Kier molecular flexibility index (Phi) is 4.13. The molecule has 122 valence electrons. The Morgan fingerprint density at radius 3 is 2.32 bits per heavy atom. The summed E-state index contributed by atoms with van der Waals surface area (Å²) in [5.74, 6) is -0.820. The van der Waals surface area contributed by atoms with Crippen LogP contribution in [0.2, 0.25) is 5.02 Å². The summed E-state index contributed by atoms with van der Waals surface area (Å²) in [6.45, 7) is 2.53. The molecule has 2 fully saturated rings. The van der Waals surface area contributed by atoms with Crippen LogP contribution in [-0.2, 0) is 9.47 Å². The van der Waals surface area contributed by atoms with Crippen molar-refractivity contribution in [3.63, 3.8) is 0 Å². The van der Waals surface area contributed by atoms with E-state index in [1.54, 1.807) is 0 Å². The Balaban J connectivity index is 1.68. The number of benzene rings is 1. The second-order valence-corrected chi connectivity index (χ2v) is 5.66. The molecule has 2 heterocycles. The summed E-state index contributed by atoms with van der Waals surface area (Å²) in [6.07, 6.45) is -3.33. The molecule has 0 amide bonds. The monoisotopic (exact) mass is 337 g/mol. The fraction of sp³-hybridized carbons (Fsp3) is 0.571. The zero-order valence-electron chi connectivity index (χ0n) is 11.7. The Bertz CT molecular complexity index is 537. The molecule has 1 aromatic rings. The van der Waals surface area contributed by atoms with E-state index in [1.807, 2.05) is 4.90 Å². The largest absolute Gasteiger partial charge is 0.573 e. The van der Waals surface area contributed by atoms with E-state index in [0.29, 0.717) is 44.8 Å². The molecule has 0 atom stereocenters. The maximum absolute atomic E-state index is 12.2. The highest BCUT2D eigenvalue weighted by Crippen LogP contribution is 2.37. The van der Waals surface area contributed by atoms with Gasteiger partial charge in [0.25, 0.3) is 0 Å². The van der Waals surface area contributed by atoms with Gasteiger partial charge in [-0.15, -0.1) is 13.2 Å². The Labute approximate surface area is 130 Å². The van der Waals surface area contributed by atoms with Crippen molar-refractivity contribution in [3.05, 3.63) is 23.2 Å². The molecule has 2 aliphatic heterocycles. The summed E-state index contributed by atoms with van der Waals surface area (Å²) in [5, 5.41) is 0.228. The van der Waals surface area contributed by atoms with Gasteiger partial charge in [-0.25, -0.2) is 0 Å². The summed E-state index contributed by atoms with van der Waals surface area (Å²) in [7, 11) is 0. The van der Waals surface area contributed by atoms with Crippen molar-refractivity contribution in [3.8, 4) is 5.75 Å². The molecule has 22 heavy (non-hydrogen) atoms. The third-order valence-corrected chi connectivity index (χ3v) is 4.13. The van der Waals surface area contributed by atoms with Gasteiger partial charge in [0.15, 0.2) is 5.79 Å². The summed E-state index contributed by atoms with van der Waals surface area (Å²) >= 11 is 6.09. The minimum atomic E-state index is -4.72. The molecule has 0 unspecified atom stereocenters. The first kappa shape index (κ1) is 15.7. The third-order valence-electron chi connectivity index (χ3n) is 3.83. The van der Waals surface area contributed by atoms with Gasteiger partial charge < -0.3 is 19.1 Å². The van der Waals surface area contributed by atoms with Gasteiger partial charge in [0, 0.05) is 32.0 Å². The van der Waals surface area contributed by atoms with Gasteiger partial charge in [-0.05, 0) is 12.1 Å². The van der Waals surface area contributed by atoms with Crippen LogP contribution in [0.5, 0.6) is 5.75 Å². The number of halogens is 4. The van der Waals surface area contributed by atoms with Gasteiger partial charge in [0.2, 0.25) is 0 Å². The molecule has 0 saturated carbocycles. The number of rotatable bonds is 2. The van der Waals surface area contributed by atoms with Crippen LogP contribution in [0, 0.1) is 0 Å². The maximum Gasteiger partial charge on any atom is 0.573 e. The lowest BCUT2D eigenvalue weighted by Gasteiger charge is -2.39. The smallest absolute Gasteiger partial charge is 0.406 e. The highest BCUT2D eigenvalue weighted by Gasteiger charge is 2.40. The molecular formula is C14H15ClF3NO3. The van der Waals surface area contributed by atoms with Crippen LogP contribution in [0.4, 0.5) is 18.9 Å². The van der Waals surface area contributed by atoms with E-state index in [4.69, 9.17) is 21.1 Å². The molecule has 1 aromatic carbocycles. The van der Waals surface area contributed by atoms with Crippen molar-refractivity contribution in [1.29, 1.82) is 0 Å². The van der Waals surface area contributed by atoms with E-state index in [0.717, 1.165) is 0 Å². The van der Waals surface area contributed by atoms with E-state index < -0.39 is 12.1 Å². The molecule has 0 radical (unpaired) electrons. The Morgan fingerprint density at radius 2 is 1.77 bits per heavy atom. The normalized spacial score (nSPS) is 21.4. The van der Waals surface area contributed by atoms with E-state index in [-0.39, 0.29) is 10.8 Å². The molecule has 2 aliphatic rings. The zero-order chi connectivity index (χ0) is 15.8. The van der Waals surface area contributed by atoms with Gasteiger partial charge in [-0.2, -0.15) is 0 Å². The molecule has 1 spiro atoms. The van der Waals surface area contributed by atoms with Crippen molar-refractivity contribution in [1.82, 2.24) is 0 Å². The lowest BCUT2D eigenvalue weighted by Crippen LogP contribution is -2.45. The number of anilines is 1. The van der Waals surface area contributed by atoms with Crippen molar-refractivity contribution in [2.75, 3.05) is 31.2 Å². The van der Waals surface area contributed by atoms with Crippen LogP contribution >= 0.6 is 11.6 Å². The fourth-order valence-corrected chi connectivity index (χ4v) is 3.11. The predicted octanol–water partition coefficient (Wildman–Crippen LogP) is 3.58. The van der Waals surface area contributed by atoms with Gasteiger partial charge in [0.1, 0.15) is 5.75 Å². The SMILES string of the molecule is FC(F)(F)Oc1ccc(N2CCC3(CC2)OCCO3)c(Cl)c1. The zero-order valence-corrected chi connectivity index (χ0v) is 12.4. The summed E-state index contributed by atoms with van der Waals surface area (Å²) in [5.41, 5.74) is 0.684. The van der Waals surface area contributed by atoms with E-state index in [9.17, 15) is 13.2 Å². The highest BCUT2D eigenvalue weighted by molar-refractivity contribution is 6.33. The van der Waals surface area contributed by atoms with Crippen LogP contribution < -0.4 is 9.64 Å². The van der Waals surface area contributed by atoms with E-state index in [2.05, 4.69) is 4.74 Å². The molecule has 0 N–H and O–H groups in total. The number of ether oxygens (including phenoxy) is 3. The maximum atomic E-state index is 12.2. The van der Waals surface area contributed by atoms with Crippen LogP contribution in [0.15, 0.2) is 18.2 Å². The summed E-state index contributed by atoms with van der Waals surface area (Å²) < 4.78 is 51.7. The minimum Gasteiger partial charge on any atom is -0.406 e. The first-order chi connectivity index (χ1) is 10.4. The molecule has 3 rings (SSSR count). The lowest BCUT2D eigenvalue weighted by atomic mass is 10.0. The van der Waals surface area contributed by atoms with Crippen molar-refractivity contribution < 1.29 is 27.4 Å². The predicted molar refractivity (Wildman–Crippen MR) is 74.2 cm³/mol. The molecule has 8 heteroatoms. The Hall–Kier alpha value is -1.18. The number of hydrogen-bond acceptors (Lipinski definition) is 4. The quantitative estimate of drug-likeness (QED) is 0.825. The molecule has 2 saturated heterocycles. The fourth-order valence-electron chi connectivity index (χ4n) is 2.82. The van der Waals surface area contributed by atoms with E-state index in [1.165, 1.54) is 18.2 Å². The van der Waals surface area contributed by atoms with Gasteiger partial charge in [-0.3, -0.25) is 0 Å². The van der Waals surface area contributed by atoms with Gasteiger partial charge >= 0.3 is 6.36 Å². The Morgan fingerprint density at radius 1 is 1.14 bits per heavy atom. The number of piperidine rings is 1. The summed E-state index contributed by atoms with van der Waals surface area (Å²) in [6, 6.07) is 3.98. The third kappa shape index (κ3) is 3.42. The van der Waals surface area contributed by atoms with Crippen LogP contribution in [-0.4, -0.2) is 38.5 Å². The molecule has 0 aliphatic carbocycles. The van der Waals surface area contributed by atoms with Crippen LogP contribution in [0.25, 0.3) is 0 Å². The molecular weight excluding hydrogens is 323 g/mol. The average Bonchev–Trinajstić information content (AvgIpc) is 2.87. The van der Waals surface area contributed by atoms with Gasteiger partial charge in [-0.1, -0.05) is 11.6 Å². The second-order valence-electron chi connectivity index (χ2n) is 5.26. The molecule has 0 aromatic heterocycles. The number of hydrogen-bond donors (Lipinski definition) is 0. The topological polar surface area (TPSA) is 30.9 Å². The molecule has 4 nitrogen and oxygen atoms in total. The van der Waals surface area contributed by atoms with Gasteiger partial charge in [0.05, 0.1) is 23.9 Å². The van der Waals surface area contributed by atoms with Crippen molar-refractivity contribution in [2.24, 2.45) is 0 Å². The van der Waals surface area contributed by atoms with Crippen LogP contribution in [0.3, 0.4) is 0 Å². The first-order valence-corrected chi connectivity index (χ1v) is 7.33. The standard InChI is InChI=1S/C14H15ClF3NO3/c15-11-9-10(22-14(16,17)18)1-2-12(11)19-5-3-13(4-6-19)20-7-8-21-13/h1-2,9H,3-8H2. The molecule has 0 bridgehead atoms. The van der Waals surface area contributed by atoms with Crippen LogP contribution in [0.1, 0.15) is 12.8 Å². The van der Waals surface area contributed by atoms with Crippen molar-refractivity contribution >= 4 is 17.3 Å². The minimum absolute atomic E-state index is 0.228. The lowest BCUT2D eigenvalue weighted by molar-refractivity contribution is -0.274. The second kappa shape index (κ2) is 5.79. The van der Waals surface area contributed by atoms with E-state index >= 15 is 0 Å².